The Kier molecular flexibility index (Phi) is 5.21. The minimum absolute atomic E-state index is 0.0622. The summed E-state index contributed by atoms with van der Waals surface area (Å²) in [4.78, 5) is 13.9. The van der Waals surface area contributed by atoms with Crippen molar-refractivity contribution in [3.8, 4) is 5.75 Å². The van der Waals surface area contributed by atoms with Gasteiger partial charge in [0.15, 0.2) is 0 Å². The molecule has 0 aliphatic carbocycles. The highest BCUT2D eigenvalue weighted by Crippen LogP contribution is 2.13. The molecule has 2 aromatic carbocycles. The van der Waals surface area contributed by atoms with Crippen LogP contribution in [-0.4, -0.2) is 31.0 Å². The van der Waals surface area contributed by atoms with Crippen LogP contribution in [0.1, 0.15) is 16.8 Å². The third kappa shape index (κ3) is 4.24. The van der Waals surface area contributed by atoms with Gasteiger partial charge >= 0.3 is 0 Å². The van der Waals surface area contributed by atoms with E-state index < -0.39 is 0 Å². The molecule has 2 aromatic rings. The van der Waals surface area contributed by atoms with E-state index in [0.717, 1.165) is 12.2 Å². The van der Waals surface area contributed by atoms with Gasteiger partial charge in [-0.05, 0) is 30.7 Å². The predicted octanol–water partition coefficient (Wildman–Crippen LogP) is 2.81. The maximum atomic E-state index is 12.2. The van der Waals surface area contributed by atoms with Crippen molar-refractivity contribution in [2.45, 2.75) is 6.42 Å². The Morgan fingerprint density at radius 1 is 1.10 bits per heavy atom. The number of nitrogens with zero attached hydrogens (tertiary/aromatic N) is 1. The molecule has 0 heterocycles. The molecule has 1 amide bonds. The van der Waals surface area contributed by atoms with Crippen molar-refractivity contribution in [1.82, 2.24) is 4.90 Å². The molecule has 0 aromatic heterocycles. The van der Waals surface area contributed by atoms with Crippen LogP contribution < -0.4 is 10.5 Å². The van der Waals surface area contributed by atoms with Gasteiger partial charge in [0, 0.05) is 19.3 Å². The second-order valence-corrected chi connectivity index (χ2v) is 4.83. The lowest BCUT2D eigenvalue weighted by atomic mass is 10.1. The fraction of sp³-hybridized carbons (Fsp3) is 0.235. The van der Waals surface area contributed by atoms with E-state index >= 15 is 0 Å². The van der Waals surface area contributed by atoms with E-state index in [4.69, 9.17) is 10.5 Å². The van der Waals surface area contributed by atoms with Crippen molar-refractivity contribution in [2.24, 2.45) is 0 Å². The maximum Gasteiger partial charge on any atom is 0.255 e. The van der Waals surface area contributed by atoms with E-state index in [2.05, 4.69) is 0 Å². The Balaban J connectivity index is 1.78. The molecular weight excluding hydrogens is 264 g/mol. The van der Waals surface area contributed by atoms with Gasteiger partial charge in [0.05, 0.1) is 12.2 Å². The Bertz CT molecular complexity index is 584. The van der Waals surface area contributed by atoms with Crippen LogP contribution in [0.15, 0.2) is 54.6 Å². The van der Waals surface area contributed by atoms with Crippen LogP contribution in [0.3, 0.4) is 0 Å². The van der Waals surface area contributed by atoms with Crippen LogP contribution in [0, 0.1) is 0 Å². The van der Waals surface area contributed by atoms with Crippen molar-refractivity contribution >= 4 is 11.6 Å². The lowest BCUT2D eigenvalue weighted by Gasteiger charge is -2.18. The van der Waals surface area contributed by atoms with Crippen molar-refractivity contribution in [3.63, 3.8) is 0 Å². The van der Waals surface area contributed by atoms with Gasteiger partial charge in [-0.25, -0.2) is 0 Å². The highest BCUT2D eigenvalue weighted by Gasteiger charge is 2.13. The van der Waals surface area contributed by atoms with E-state index in [1.54, 1.807) is 24.1 Å². The molecule has 0 fully saturated rings. The molecule has 0 aliphatic heterocycles. The average molecular weight is 284 g/mol. The molecule has 0 radical (unpaired) electrons. The number of carbonyl (C=O) groups is 1. The largest absolute Gasteiger partial charge is 0.494 e. The van der Waals surface area contributed by atoms with Gasteiger partial charge < -0.3 is 15.4 Å². The lowest BCUT2D eigenvalue weighted by Crippen LogP contribution is -2.29. The molecule has 0 unspecified atom stereocenters. The highest BCUT2D eigenvalue weighted by atomic mass is 16.5. The fourth-order valence-corrected chi connectivity index (χ4v) is 2.01. The molecule has 0 saturated carbocycles. The van der Waals surface area contributed by atoms with E-state index in [1.165, 1.54) is 0 Å². The molecule has 21 heavy (non-hydrogen) atoms. The van der Waals surface area contributed by atoms with Crippen molar-refractivity contribution in [3.05, 3.63) is 60.2 Å². The number of hydrogen-bond acceptors (Lipinski definition) is 3. The molecule has 110 valence electrons. The minimum Gasteiger partial charge on any atom is -0.494 e. The number of amides is 1. The zero-order valence-electron chi connectivity index (χ0n) is 12.2. The Labute approximate surface area is 125 Å². The number of nitrogen functional groups attached to an aromatic ring is 1. The van der Waals surface area contributed by atoms with Gasteiger partial charge in [0.25, 0.3) is 5.91 Å². The van der Waals surface area contributed by atoms with Crippen LogP contribution in [0.4, 0.5) is 5.69 Å². The van der Waals surface area contributed by atoms with Gasteiger partial charge in [-0.3, -0.25) is 4.79 Å². The van der Waals surface area contributed by atoms with E-state index in [1.807, 2.05) is 42.5 Å². The first kappa shape index (κ1) is 14.9. The summed E-state index contributed by atoms with van der Waals surface area (Å²) in [6.07, 6.45) is 0.768. The van der Waals surface area contributed by atoms with Gasteiger partial charge in [-0.2, -0.15) is 0 Å². The van der Waals surface area contributed by atoms with Gasteiger partial charge in [0.2, 0.25) is 0 Å². The number of ether oxygens (including phenoxy) is 1. The van der Waals surface area contributed by atoms with Crippen molar-refractivity contribution in [1.29, 1.82) is 0 Å². The molecule has 0 bridgehead atoms. The summed E-state index contributed by atoms with van der Waals surface area (Å²) < 4.78 is 5.60. The van der Waals surface area contributed by atoms with Gasteiger partial charge in [0.1, 0.15) is 5.75 Å². The van der Waals surface area contributed by atoms with Crippen LogP contribution in [0.5, 0.6) is 5.75 Å². The van der Waals surface area contributed by atoms with Crippen LogP contribution >= 0.6 is 0 Å². The Hall–Kier alpha value is -2.49. The van der Waals surface area contributed by atoms with E-state index in [-0.39, 0.29) is 5.91 Å². The Morgan fingerprint density at radius 2 is 1.76 bits per heavy atom. The maximum absolute atomic E-state index is 12.2. The van der Waals surface area contributed by atoms with E-state index in [0.29, 0.717) is 24.4 Å². The first-order chi connectivity index (χ1) is 10.2. The number of hydrogen-bond donors (Lipinski definition) is 1. The first-order valence-electron chi connectivity index (χ1n) is 6.96. The lowest BCUT2D eigenvalue weighted by molar-refractivity contribution is 0.0789. The summed E-state index contributed by atoms with van der Waals surface area (Å²) in [6, 6.07) is 16.8. The van der Waals surface area contributed by atoms with Gasteiger partial charge in [-0.1, -0.05) is 30.3 Å². The van der Waals surface area contributed by atoms with Crippen LogP contribution in [0.25, 0.3) is 0 Å². The quantitative estimate of drug-likeness (QED) is 0.655. The third-order valence-corrected chi connectivity index (χ3v) is 3.19. The normalized spacial score (nSPS) is 10.1. The summed E-state index contributed by atoms with van der Waals surface area (Å²) >= 11 is 0. The van der Waals surface area contributed by atoms with E-state index in [9.17, 15) is 4.79 Å². The number of carbonyl (C=O) groups excluding carboxylic acids is 1. The average Bonchev–Trinajstić information content (AvgIpc) is 2.52. The van der Waals surface area contributed by atoms with Crippen molar-refractivity contribution < 1.29 is 9.53 Å². The summed E-state index contributed by atoms with van der Waals surface area (Å²) in [7, 11) is 1.78. The summed E-state index contributed by atoms with van der Waals surface area (Å²) in [5.74, 6) is 0.784. The summed E-state index contributed by atoms with van der Waals surface area (Å²) in [6.45, 7) is 1.20. The smallest absolute Gasteiger partial charge is 0.255 e. The first-order valence-corrected chi connectivity index (χ1v) is 6.96. The zero-order chi connectivity index (χ0) is 15.1. The molecule has 2 rings (SSSR count). The standard InChI is InChI=1S/C17H20N2O2/c1-19(17(20)15-10-5-6-11-16(15)18)12-7-13-21-14-8-3-2-4-9-14/h2-6,8-11H,7,12-13,18H2,1H3. The molecule has 0 saturated heterocycles. The zero-order valence-corrected chi connectivity index (χ0v) is 12.2. The molecular formula is C17H20N2O2. The summed E-state index contributed by atoms with van der Waals surface area (Å²) in [5.41, 5.74) is 6.87. The second-order valence-electron chi connectivity index (χ2n) is 4.83. The van der Waals surface area contributed by atoms with Crippen molar-refractivity contribution in [2.75, 3.05) is 25.9 Å². The minimum atomic E-state index is -0.0622. The molecule has 2 N–H and O–H groups in total. The number of para-hydroxylation sites is 2. The summed E-state index contributed by atoms with van der Waals surface area (Å²) in [5, 5.41) is 0. The molecule has 4 nitrogen and oxygen atoms in total. The highest BCUT2D eigenvalue weighted by molar-refractivity contribution is 5.98. The molecule has 4 heteroatoms. The molecule has 0 spiro atoms. The number of nitrogens with two attached hydrogens (primary N) is 1. The Morgan fingerprint density at radius 3 is 2.48 bits per heavy atom. The van der Waals surface area contributed by atoms with Crippen LogP contribution in [0.2, 0.25) is 0 Å². The van der Waals surface area contributed by atoms with Gasteiger partial charge in [-0.15, -0.1) is 0 Å². The number of rotatable bonds is 6. The number of anilines is 1. The topological polar surface area (TPSA) is 55.6 Å². The monoisotopic (exact) mass is 284 g/mol. The predicted molar refractivity (Wildman–Crippen MR) is 84.4 cm³/mol. The third-order valence-electron chi connectivity index (χ3n) is 3.19. The molecule has 0 aliphatic rings. The fourth-order valence-electron chi connectivity index (χ4n) is 2.01. The molecule has 0 atom stereocenters. The SMILES string of the molecule is CN(CCCOc1ccccc1)C(=O)c1ccccc1N. The van der Waals surface area contributed by atoms with Crippen LogP contribution in [-0.2, 0) is 0 Å². The number of benzene rings is 2. The second kappa shape index (κ2) is 7.33.